The molecule has 2 unspecified atom stereocenters. The maximum absolute atomic E-state index is 5.78. The molecule has 0 amide bonds. The summed E-state index contributed by atoms with van der Waals surface area (Å²) in [5, 5.41) is 5.62. The third kappa shape index (κ3) is 3.01. The van der Waals surface area contributed by atoms with Gasteiger partial charge in [-0.05, 0) is 17.9 Å². The summed E-state index contributed by atoms with van der Waals surface area (Å²) in [7, 11) is 0. The van der Waals surface area contributed by atoms with E-state index >= 15 is 0 Å². The number of rotatable bonds is 5. The second-order valence-corrected chi connectivity index (χ2v) is 4.96. The molecule has 84 valence electrons. The van der Waals surface area contributed by atoms with Gasteiger partial charge in [-0.3, -0.25) is 0 Å². The molecule has 0 saturated carbocycles. The van der Waals surface area contributed by atoms with Gasteiger partial charge in [-0.25, -0.2) is 0 Å². The first kappa shape index (κ1) is 11.1. The van der Waals surface area contributed by atoms with E-state index in [1.54, 1.807) is 11.3 Å². The minimum atomic E-state index is 0.398. The lowest BCUT2D eigenvalue weighted by Crippen LogP contribution is -2.42. The van der Waals surface area contributed by atoms with Crippen molar-refractivity contribution in [2.75, 3.05) is 19.8 Å². The summed E-state index contributed by atoms with van der Waals surface area (Å²) < 4.78 is 5.38. The predicted molar refractivity (Wildman–Crippen MR) is 62.9 cm³/mol. The molecule has 1 aromatic rings. The van der Waals surface area contributed by atoms with Crippen LogP contribution in [0, 0.1) is 5.92 Å². The van der Waals surface area contributed by atoms with Crippen LogP contribution in [0.1, 0.15) is 11.3 Å². The number of nitrogens with one attached hydrogen (secondary N) is 1. The number of hydrogen-bond acceptors (Lipinski definition) is 4. The van der Waals surface area contributed by atoms with Crippen LogP contribution < -0.4 is 11.1 Å². The largest absolute Gasteiger partial charge is 0.381 e. The van der Waals surface area contributed by atoms with Gasteiger partial charge < -0.3 is 15.8 Å². The summed E-state index contributed by atoms with van der Waals surface area (Å²) in [6, 6.07) is 4.63. The highest BCUT2D eigenvalue weighted by Gasteiger charge is 2.24. The van der Waals surface area contributed by atoms with Crippen LogP contribution in [-0.4, -0.2) is 25.8 Å². The van der Waals surface area contributed by atoms with Crippen molar-refractivity contribution in [3.63, 3.8) is 0 Å². The number of hydrogen-bond donors (Lipinski definition) is 2. The van der Waals surface area contributed by atoms with Crippen LogP contribution >= 0.6 is 11.3 Å². The molecule has 0 aliphatic carbocycles. The van der Waals surface area contributed by atoms with Crippen LogP contribution in [0.4, 0.5) is 0 Å². The van der Waals surface area contributed by atoms with Crippen molar-refractivity contribution < 1.29 is 4.74 Å². The summed E-state index contributed by atoms with van der Waals surface area (Å²) in [6.45, 7) is 3.37. The fraction of sp³-hybridized carbons (Fsp3) is 0.636. The van der Waals surface area contributed by atoms with Crippen LogP contribution in [0.3, 0.4) is 0 Å². The molecule has 4 heteroatoms. The van der Waals surface area contributed by atoms with Crippen molar-refractivity contribution in [2.45, 2.75) is 19.0 Å². The molecule has 3 nitrogen and oxygen atoms in total. The van der Waals surface area contributed by atoms with E-state index in [2.05, 4.69) is 22.8 Å². The van der Waals surface area contributed by atoms with Gasteiger partial charge in [0.05, 0.1) is 6.61 Å². The number of nitrogens with two attached hydrogens (primary N) is 1. The van der Waals surface area contributed by atoms with Crippen molar-refractivity contribution >= 4 is 11.3 Å². The molecular weight excluding hydrogens is 208 g/mol. The molecule has 2 rings (SSSR count). The Kier molecular flexibility index (Phi) is 4.14. The Labute approximate surface area is 94.6 Å². The second kappa shape index (κ2) is 5.61. The Balaban J connectivity index is 1.80. The fourth-order valence-corrected chi connectivity index (χ4v) is 2.61. The monoisotopic (exact) mass is 226 g/mol. The van der Waals surface area contributed by atoms with E-state index in [-0.39, 0.29) is 0 Å². The lowest BCUT2D eigenvalue weighted by atomic mass is 9.99. The van der Waals surface area contributed by atoms with E-state index in [0.29, 0.717) is 18.5 Å². The van der Waals surface area contributed by atoms with Crippen LogP contribution in [0.25, 0.3) is 0 Å². The van der Waals surface area contributed by atoms with Gasteiger partial charge in [0.15, 0.2) is 0 Å². The van der Waals surface area contributed by atoms with Gasteiger partial charge in [-0.1, -0.05) is 6.07 Å². The molecule has 15 heavy (non-hydrogen) atoms. The topological polar surface area (TPSA) is 47.3 Å². The summed E-state index contributed by atoms with van der Waals surface area (Å²) in [4.78, 5) is 1.37. The highest BCUT2D eigenvalue weighted by atomic mass is 32.1. The quantitative estimate of drug-likeness (QED) is 0.793. The summed E-state index contributed by atoms with van der Waals surface area (Å²) >= 11 is 1.78. The smallest absolute Gasteiger partial charge is 0.0510 e. The predicted octanol–water partition coefficient (Wildman–Crippen LogP) is 1.20. The zero-order valence-electron chi connectivity index (χ0n) is 8.82. The molecule has 0 spiro atoms. The number of thiophene rings is 1. The van der Waals surface area contributed by atoms with Gasteiger partial charge in [0.1, 0.15) is 0 Å². The van der Waals surface area contributed by atoms with E-state index in [0.717, 1.165) is 26.2 Å². The Morgan fingerprint density at radius 1 is 1.67 bits per heavy atom. The van der Waals surface area contributed by atoms with Gasteiger partial charge >= 0.3 is 0 Å². The highest BCUT2D eigenvalue weighted by Crippen LogP contribution is 2.17. The van der Waals surface area contributed by atoms with Crippen molar-refractivity contribution in [1.29, 1.82) is 0 Å². The maximum Gasteiger partial charge on any atom is 0.0510 e. The zero-order chi connectivity index (χ0) is 10.5. The third-order valence-electron chi connectivity index (χ3n) is 2.91. The summed E-state index contributed by atoms with van der Waals surface area (Å²) in [6.07, 6.45) is 1.14. The van der Waals surface area contributed by atoms with E-state index in [1.807, 2.05) is 0 Å². The molecule has 2 atom stereocenters. The van der Waals surface area contributed by atoms with Crippen molar-refractivity contribution in [1.82, 2.24) is 5.32 Å². The van der Waals surface area contributed by atoms with Gasteiger partial charge in [0.2, 0.25) is 0 Å². The molecule has 1 aromatic heterocycles. The second-order valence-electron chi connectivity index (χ2n) is 3.93. The van der Waals surface area contributed by atoms with Crippen molar-refractivity contribution in [2.24, 2.45) is 11.7 Å². The van der Waals surface area contributed by atoms with Crippen molar-refractivity contribution in [3.8, 4) is 0 Å². The summed E-state index contributed by atoms with van der Waals surface area (Å²) in [5.41, 5.74) is 5.78. The first-order chi connectivity index (χ1) is 7.40. The van der Waals surface area contributed by atoms with E-state index in [9.17, 15) is 0 Å². The third-order valence-corrected chi connectivity index (χ3v) is 3.78. The molecule has 3 N–H and O–H groups in total. The zero-order valence-corrected chi connectivity index (χ0v) is 9.63. The molecule has 1 aliphatic rings. The lowest BCUT2D eigenvalue weighted by Gasteiger charge is -2.21. The summed E-state index contributed by atoms with van der Waals surface area (Å²) in [5.74, 6) is 0.593. The van der Waals surface area contributed by atoms with Gasteiger partial charge in [0.25, 0.3) is 0 Å². The van der Waals surface area contributed by atoms with E-state index in [4.69, 9.17) is 10.5 Å². The lowest BCUT2D eigenvalue weighted by molar-refractivity contribution is 0.177. The first-order valence-corrected chi connectivity index (χ1v) is 6.31. The van der Waals surface area contributed by atoms with E-state index in [1.165, 1.54) is 4.88 Å². The average molecular weight is 226 g/mol. The molecule has 0 aromatic carbocycles. The van der Waals surface area contributed by atoms with Crippen LogP contribution in [0.15, 0.2) is 17.5 Å². The molecule has 1 saturated heterocycles. The van der Waals surface area contributed by atoms with Crippen LogP contribution in [0.2, 0.25) is 0 Å². The van der Waals surface area contributed by atoms with Gasteiger partial charge in [-0.2, -0.15) is 0 Å². The fourth-order valence-electron chi connectivity index (χ4n) is 1.96. The minimum absolute atomic E-state index is 0.398. The SMILES string of the molecule is NCC(NCc1cccs1)C1CCOC1. The molecule has 2 heterocycles. The van der Waals surface area contributed by atoms with Gasteiger partial charge in [0, 0.05) is 36.5 Å². The minimum Gasteiger partial charge on any atom is -0.381 e. The van der Waals surface area contributed by atoms with Gasteiger partial charge in [-0.15, -0.1) is 11.3 Å². The highest BCUT2D eigenvalue weighted by molar-refractivity contribution is 7.09. The Hall–Kier alpha value is -0.420. The maximum atomic E-state index is 5.78. The molecule has 1 fully saturated rings. The number of ether oxygens (including phenoxy) is 1. The Morgan fingerprint density at radius 2 is 2.60 bits per heavy atom. The van der Waals surface area contributed by atoms with Crippen molar-refractivity contribution in [3.05, 3.63) is 22.4 Å². The molecule has 1 aliphatic heterocycles. The molecule has 0 radical (unpaired) electrons. The molecular formula is C11H18N2OS. The standard InChI is InChI=1S/C11H18N2OS/c12-6-11(9-3-4-14-8-9)13-7-10-2-1-5-15-10/h1-2,5,9,11,13H,3-4,6-8,12H2. The Morgan fingerprint density at radius 3 is 3.20 bits per heavy atom. The van der Waals surface area contributed by atoms with Crippen LogP contribution in [0.5, 0.6) is 0 Å². The van der Waals surface area contributed by atoms with E-state index < -0.39 is 0 Å². The first-order valence-electron chi connectivity index (χ1n) is 5.43. The average Bonchev–Trinajstić information content (AvgIpc) is 2.90. The normalized spacial score (nSPS) is 23.1. The molecule has 0 bridgehead atoms. The van der Waals surface area contributed by atoms with Crippen LogP contribution in [-0.2, 0) is 11.3 Å². The Bertz CT molecular complexity index is 270.